The van der Waals surface area contributed by atoms with E-state index in [0.717, 1.165) is 0 Å². The summed E-state index contributed by atoms with van der Waals surface area (Å²) in [5.74, 6) is 0. The molecule has 0 aliphatic carbocycles. The van der Waals surface area contributed by atoms with Gasteiger partial charge in [-0.25, -0.2) is 0 Å². The first kappa shape index (κ1) is 25.0. The van der Waals surface area contributed by atoms with Crippen molar-refractivity contribution in [3.8, 4) is 0 Å². The summed E-state index contributed by atoms with van der Waals surface area (Å²) < 4.78 is 0. The van der Waals surface area contributed by atoms with Crippen LogP contribution in [0.4, 0.5) is 0 Å². The molecule has 1 aromatic carbocycles. The SMILES string of the molecule is C[Si](C)(C)[PH](C)(c1ccc([PH](C)([Si](C)(C)C)[Si](C)(C)C)cc1)[Si](C)(C)C. The molecule has 26 heavy (non-hydrogen) atoms. The van der Waals surface area contributed by atoms with Gasteiger partial charge in [0.2, 0.25) is 0 Å². The van der Waals surface area contributed by atoms with E-state index >= 15 is 0 Å². The number of benzene rings is 1. The topological polar surface area (TPSA) is 0 Å². The molecule has 0 bridgehead atoms. The molecule has 0 nitrogen and oxygen atoms in total. The van der Waals surface area contributed by atoms with E-state index < -0.39 is 43.7 Å². The van der Waals surface area contributed by atoms with Gasteiger partial charge >= 0.3 is 170 Å². The van der Waals surface area contributed by atoms with Gasteiger partial charge in [-0.05, 0) is 0 Å². The summed E-state index contributed by atoms with van der Waals surface area (Å²) >= 11 is 0. The summed E-state index contributed by atoms with van der Waals surface area (Å²) in [6, 6.07) is 10.5. The van der Waals surface area contributed by atoms with Crippen LogP contribution in [0.3, 0.4) is 0 Å². The van der Waals surface area contributed by atoms with Crippen LogP contribution in [0.25, 0.3) is 0 Å². The van der Waals surface area contributed by atoms with Crippen molar-refractivity contribution in [2.45, 2.75) is 78.6 Å². The maximum atomic E-state index is 2.73. The van der Waals surface area contributed by atoms with Crippen LogP contribution >= 0.6 is 12.7 Å². The molecule has 0 aliphatic heterocycles. The zero-order chi connectivity index (χ0) is 21.0. The van der Waals surface area contributed by atoms with Crippen molar-refractivity contribution >= 4 is 54.3 Å². The molecule has 0 amide bonds. The van der Waals surface area contributed by atoms with Gasteiger partial charge < -0.3 is 0 Å². The molecule has 0 aliphatic rings. The molecule has 0 N–H and O–H groups in total. The Morgan fingerprint density at radius 2 is 0.577 bits per heavy atom. The van der Waals surface area contributed by atoms with Crippen molar-refractivity contribution in [3.05, 3.63) is 24.3 Å². The van der Waals surface area contributed by atoms with E-state index in [1.165, 1.54) is 0 Å². The van der Waals surface area contributed by atoms with E-state index in [0.29, 0.717) is 0 Å². The fourth-order valence-corrected chi connectivity index (χ4v) is 81.1. The monoisotopic (exact) mass is 462 g/mol. The van der Waals surface area contributed by atoms with Crippen molar-refractivity contribution in [2.24, 2.45) is 0 Å². The molecule has 6 heteroatoms. The van der Waals surface area contributed by atoms with E-state index in [1.54, 1.807) is 10.6 Å². The van der Waals surface area contributed by atoms with E-state index in [1.807, 2.05) is 0 Å². The van der Waals surface area contributed by atoms with Crippen LogP contribution in [0, 0.1) is 0 Å². The van der Waals surface area contributed by atoms with Crippen molar-refractivity contribution in [1.82, 2.24) is 0 Å². The van der Waals surface area contributed by atoms with Crippen molar-refractivity contribution in [1.29, 1.82) is 0 Å². The third kappa shape index (κ3) is 4.12. The van der Waals surface area contributed by atoms with Gasteiger partial charge in [0.05, 0.1) is 0 Å². The van der Waals surface area contributed by atoms with Gasteiger partial charge in [0, 0.05) is 0 Å². The second-order valence-corrected chi connectivity index (χ2v) is 69.5. The molecule has 1 aromatic rings. The third-order valence-corrected chi connectivity index (χ3v) is 89.5. The van der Waals surface area contributed by atoms with Gasteiger partial charge in [0.25, 0.3) is 0 Å². The summed E-state index contributed by atoms with van der Waals surface area (Å²) in [6.07, 6.45) is -2.77. The Balaban J connectivity index is 3.61. The number of rotatable bonds is 6. The molecular formula is C20H48P2Si4. The second kappa shape index (κ2) is 7.33. The standard InChI is InChI=1S/C20H48P2Si4/c1-21(23(3,4)5,24(6,7)8)19-15-17-20(18-16-19)22(2,25(9,10)11)26(12,13)14/h15-18,21-22H,1-14H3. The Hall–Kier alpha value is 0.948. The van der Waals surface area contributed by atoms with Crippen LogP contribution in [-0.4, -0.2) is 44.3 Å². The molecule has 1 rings (SSSR count). The predicted octanol–water partition coefficient (Wildman–Crippen LogP) is 7.04. The Labute approximate surface area is 170 Å². The summed E-state index contributed by atoms with van der Waals surface area (Å²) in [5, 5.41) is 3.53. The molecule has 0 atom stereocenters. The average Bonchev–Trinajstić information content (AvgIpc) is 2.40. The predicted molar refractivity (Wildman–Crippen MR) is 148 cm³/mol. The Kier molecular flexibility index (Phi) is 7.04. The zero-order valence-electron chi connectivity index (χ0n) is 20.3. The van der Waals surface area contributed by atoms with Crippen LogP contribution < -0.4 is 10.6 Å². The quantitative estimate of drug-likeness (QED) is 0.314. The summed E-state index contributed by atoms with van der Waals surface area (Å²) in [7, 11) is -4.78. The molecular weight excluding hydrogens is 415 g/mol. The zero-order valence-corrected chi connectivity index (χ0v) is 26.3. The van der Waals surface area contributed by atoms with E-state index in [-0.39, 0.29) is 0 Å². The summed E-state index contributed by atoms with van der Waals surface area (Å²) in [5.41, 5.74) is 0. The van der Waals surface area contributed by atoms with Crippen molar-refractivity contribution in [3.63, 3.8) is 0 Å². The third-order valence-electron chi connectivity index (χ3n) is 8.04. The van der Waals surface area contributed by atoms with Gasteiger partial charge in [-0.15, -0.1) is 0 Å². The number of hydrogen-bond donors (Lipinski definition) is 0. The molecule has 0 fully saturated rings. The van der Waals surface area contributed by atoms with E-state index in [4.69, 9.17) is 0 Å². The first-order chi connectivity index (χ1) is 11.2. The Morgan fingerprint density at radius 3 is 0.692 bits per heavy atom. The minimum atomic E-state index is -1.39. The summed E-state index contributed by atoms with van der Waals surface area (Å²) in [4.78, 5) is 0. The van der Waals surface area contributed by atoms with Gasteiger partial charge in [-0.2, -0.15) is 0 Å². The van der Waals surface area contributed by atoms with Gasteiger partial charge in [0.15, 0.2) is 0 Å². The van der Waals surface area contributed by atoms with Crippen LogP contribution in [0.2, 0.25) is 78.6 Å². The molecule has 0 unspecified atom stereocenters. The van der Waals surface area contributed by atoms with Crippen LogP contribution in [0.15, 0.2) is 24.3 Å². The van der Waals surface area contributed by atoms with Crippen LogP contribution in [0.1, 0.15) is 0 Å². The molecule has 0 saturated carbocycles. The Bertz CT molecular complexity index is 541. The van der Waals surface area contributed by atoms with Crippen molar-refractivity contribution < 1.29 is 0 Å². The van der Waals surface area contributed by atoms with E-state index in [9.17, 15) is 0 Å². The van der Waals surface area contributed by atoms with Crippen molar-refractivity contribution in [2.75, 3.05) is 13.3 Å². The molecule has 0 spiro atoms. The first-order valence-electron chi connectivity index (χ1n) is 10.3. The fourth-order valence-electron chi connectivity index (χ4n) is 5.12. The average molecular weight is 463 g/mol. The molecule has 0 aromatic heterocycles. The van der Waals surface area contributed by atoms with E-state index in [2.05, 4.69) is 116 Å². The fraction of sp³-hybridized carbons (Fsp3) is 0.700. The number of hydrogen-bond acceptors (Lipinski definition) is 0. The van der Waals surface area contributed by atoms with Gasteiger partial charge in [-0.3, -0.25) is 0 Å². The maximum absolute atomic E-state index is 2.73. The van der Waals surface area contributed by atoms with Gasteiger partial charge in [-0.1, -0.05) is 0 Å². The Morgan fingerprint density at radius 1 is 0.423 bits per heavy atom. The molecule has 0 heterocycles. The first-order valence-corrected chi connectivity index (χ1v) is 33.3. The summed E-state index contributed by atoms with van der Waals surface area (Å²) in [6.45, 7) is 37.1. The normalized spacial score (nSPS) is 16.5. The molecule has 0 saturated heterocycles. The van der Waals surface area contributed by atoms with Crippen LogP contribution in [0.5, 0.6) is 0 Å². The minimum absolute atomic E-state index is 1.19. The molecule has 154 valence electrons. The van der Waals surface area contributed by atoms with Gasteiger partial charge in [0.1, 0.15) is 0 Å². The van der Waals surface area contributed by atoms with Crippen LogP contribution in [-0.2, 0) is 0 Å². The molecule has 0 radical (unpaired) electrons. The second-order valence-electron chi connectivity index (χ2n) is 12.8.